The van der Waals surface area contributed by atoms with E-state index in [0.29, 0.717) is 0 Å². The molecule has 0 aromatic heterocycles. The Morgan fingerprint density at radius 3 is 2.35 bits per heavy atom. The summed E-state index contributed by atoms with van der Waals surface area (Å²) < 4.78 is 17.3. The number of nitrogens with two attached hydrogens (primary N) is 1. The third kappa shape index (κ3) is 2.41. The van der Waals surface area contributed by atoms with Gasteiger partial charge in [-0.05, 0) is 47.3 Å². The Morgan fingerprint density at radius 2 is 1.95 bits per heavy atom. The number of hydrogen-bond donors (Lipinski definition) is 2. The summed E-state index contributed by atoms with van der Waals surface area (Å²) in [6.45, 7) is 0. The quantitative estimate of drug-likeness (QED) is 0.613. The molecule has 1 unspecified atom stereocenters. The summed E-state index contributed by atoms with van der Waals surface area (Å²) in [5, 5.41) is 0. The topological polar surface area (TPSA) is 65.7 Å². The highest BCUT2D eigenvalue weighted by Gasteiger charge is 2.46. The summed E-state index contributed by atoms with van der Waals surface area (Å²) in [6, 6.07) is 3.73. The third-order valence-corrected chi connectivity index (χ3v) is 4.88. The van der Waals surface area contributed by atoms with Gasteiger partial charge in [-0.2, -0.15) is 0 Å². The van der Waals surface area contributed by atoms with Crippen LogP contribution in [-0.2, 0) is 4.74 Å². The van der Waals surface area contributed by atoms with Crippen LogP contribution in [-0.4, -0.2) is 26.9 Å². The van der Waals surface area contributed by atoms with Crippen molar-refractivity contribution in [2.75, 3.05) is 21.3 Å². The van der Waals surface area contributed by atoms with Gasteiger partial charge in [0.15, 0.2) is 0 Å². The Bertz CT molecular complexity index is 472. The van der Waals surface area contributed by atoms with E-state index in [-0.39, 0.29) is 11.6 Å². The van der Waals surface area contributed by atoms with Gasteiger partial charge >= 0.3 is 0 Å². The molecule has 0 radical (unpaired) electrons. The molecule has 6 heteroatoms. The Labute approximate surface area is 127 Å². The summed E-state index contributed by atoms with van der Waals surface area (Å²) in [7, 11) is 4.99. The van der Waals surface area contributed by atoms with Gasteiger partial charge in [-0.15, -0.1) is 0 Å². The molecule has 5 nitrogen and oxygen atoms in total. The standard InChI is InChI=1S/C14H21BrN2O3/c1-18-10-6-5-9(12(19-2)11(10)15)13(17-16)14(20-3)7-4-8-14/h5-6,13,17H,4,7-8,16H2,1-3H3. The van der Waals surface area contributed by atoms with Crippen molar-refractivity contribution in [1.29, 1.82) is 0 Å². The highest BCUT2D eigenvalue weighted by molar-refractivity contribution is 9.10. The lowest BCUT2D eigenvalue weighted by atomic mass is 9.72. The molecular weight excluding hydrogens is 324 g/mol. The number of hydrogen-bond acceptors (Lipinski definition) is 5. The Balaban J connectivity index is 2.47. The molecule has 3 N–H and O–H groups in total. The van der Waals surface area contributed by atoms with E-state index in [9.17, 15) is 0 Å². The molecule has 112 valence electrons. The minimum atomic E-state index is -0.268. The van der Waals surface area contributed by atoms with E-state index in [0.717, 1.165) is 40.8 Å². The van der Waals surface area contributed by atoms with Gasteiger partial charge in [-0.3, -0.25) is 5.84 Å². The van der Waals surface area contributed by atoms with Crippen LogP contribution in [0, 0.1) is 0 Å². The van der Waals surface area contributed by atoms with Crippen LogP contribution in [0.4, 0.5) is 0 Å². The second-order valence-electron chi connectivity index (χ2n) is 4.93. The van der Waals surface area contributed by atoms with Crippen LogP contribution in [0.1, 0.15) is 30.9 Å². The monoisotopic (exact) mass is 344 g/mol. The average molecular weight is 345 g/mol. The second-order valence-corrected chi connectivity index (χ2v) is 5.72. The first kappa shape index (κ1) is 15.6. The van der Waals surface area contributed by atoms with E-state index in [4.69, 9.17) is 20.1 Å². The summed E-state index contributed by atoms with van der Waals surface area (Å²) in [5.41, 5.74) is 3.58. The zero-order chi connectivity index (χ0) is 14.8. The minimum Gasteiger partial charge on any atom is -0.495 e. The van der Waals surface area contributed by atoms with Gasteiger partial charge in [0.1, 0.15) is 16.0 Å². The van der Waals surface area contributed by atoms with E-state index in [1.54, 1.807) is 21.3 Å². The lowest BCUT2D eigenvalue weighted by Gasteiger charge is -2.46. The molecule has 1 aromatic carbocycles. The molecule has 1 aliphatic carbocycles. The van der Waals surface area contributed by atoms with Crippen molar-refractivity contribution in [2.45, 2.75) is 30.9 Å². The van der Waals surface area contributed by atoms with E-state index in [1.165, 1.54) is 0 Å². The van der Waals surface area contributed by atoms with Gasteiger partial charge in [0.05, 0.1) is 25.9 Å². The number of methoxy groups -OCH3 is 3. The van der Waals surface area contributed by atoms with Crippen molar-refractivity contribution in [2.24, 2.45) is 5.84 Å². The molecule has 1 aliphatic rings. The minimum absolute atomic E-state index is 0.126. The van der Waals surface area contributed by atoms with E-state index in [1.807, 2.05) is 12.1 Å². The number of benzene rings is 1. The fourth-order valence-electron chi connectivity index (χ4n) is 2.81. The fourth-order valence-corrected chi connectivity index (χ4v) is 3.49. The zero-order valence-corrected chi connectivity index (χ0v) is 13.6. The Kier molecular flexibility index (Phi) is 4.90. The van der Waals surface area contributed by atoms with Crippen LogP contribution in [0.2, 0.25) is 0 Å². The fraction of sp³-hybridized carbons (Fsp3) is 0.571. The van der Waals surface area contributed by atoms with Crippen LogP contribution in [0.25, 0.3) is 0 Å². The second kappa shape index (κ2) is 6.30. The lowest BCUT2D eigenvalue weighted by molar-refractivity contribution is -0.100. The van der Waals surface area contributed by atoms with Gasteiger partial charge in [-0.25, -0.2) is 5.43 Å². The number of hydrazine groups is 1. The van der Waals surface area contributed by atoms with Gasteiger partial charge in [0, 0.05) is 12.7 Å². The Hall–Kier alpha value is -0.820. The smallest absolute Gasteiger partial charge is 0.141 e. The molecule has 1 aromatic rings. The molecule has 0 bridgehead atoms. The summed E-state index contributed by atoms with van der Waals surface area (Å²) in [4.78, 5) is 0. The van der Waals surface area contributed by atoms with Crippen LogP contribution in [0.3, 0.4) is 0 Å². The predicted octanol–water partition coefficient (Wildman–Crippen LogP) is 2.54. The van der Waals surface area contributed by atoms with Gasteiger partial charge in [0.25, 0.3) is 0 Å². The van der Waals surface area contributed by atoms with E-state index >= 15 is 0 Å². The highest BCUT2D eigenvalue weighted by Crippen LogP contribution is 2.49. The van der Waals surface area contributed by atoms with Crippen molar-refractivity contribution in [3.05, 3.63) is 22.2 Å². The van der Waals surface area contributed by atoms with Crippen molar-refractivity contribution in [3.63, 3.8) is 0 Å². The predicted molar refractivity (Wildman–Crippen MR) is 80.9 cm³/mol. The largest absolute Gasteiger partial charge is 0.495 e. The van der Waals surface area contributed by atoms with Crippen molar-refractivity contribution >= 4 is 15.9 Å². The average Bonchev–Trinajstić information content (AvgIpc) is 2.42. The first-order valence-electron chi connectivity index (χ1n) is 6.55. The molecule has 1 fully saturated rings. The maximum absolute atomic E-state index is 5.79. The summed E-state index contributed by atoms with van der Waals surface area (Å²) in [6.07, 6.45) is 3.10. The SMILES string of the molecule is COc1ccc(C(NN)C2(OC)CCC2)c(OC)c1Br. The van der Waals surface area contributed by atoms with E-state index in [2.05, 4.69) is 21.4 Å². The summed E-state index contributed by atoms with van der Waals surface area (Å²) in [5.74, 6) is 7.23. The van der Waals surface area contributed by atoms with Crippen LogP contribution in [0.5, 0.6) is 11.5 Å². The number of rotatable bonds is 6. The zero-order valence-electron chi connectivity index (χ0n) is 12.0. The molecular formula is C14H21BrN2O3. The number of halogens is 1. The Morgan fingerprint density at radius 1 is 1.25 bits per heavy atom. The van der Waals surface area contributed by atoms with Crippen molar-refractivity contribution in [3.8, 4) is 11.5 Å². The molecule has 0 saturated heterocycles. The van der Waals surface area contributed by atoms with Gasteiger partial charge in [0.2, 0.25) is 0 Å². The van der Waals surface area contributed by atoms with Gasteiger partial charge in [-0.1, -0.05) is 0 Å². The highest BCUT2D eigenvalue weighted by atomic mass is 79.9. The molecule has 2 rings (SSSR count). The number of nitrogens with one attached hydrogen (secondary N) is 1. The normalized spacial score (nSPS) is 18.2. The number of ether oxygens (including phenoxy) is 3. The maximum Gasteiger partial charge on any atom is 0.141 e. The maximum atomic E-state index is 5.79. The molecule has 1 saturated carbocycles. The first-order chi connectivity index (χ1) is 9.63. The molecule has 0 amide bonds. The van der Waals surface area contributed by atoms with Crippen molar-refractivity contribution < 1.29 is 14.2 Å². The van der Waals surface area contributed by atoms with E-state index < -0.39 is 0 Å². The summed E-state index contributed by atoms with van der Waals surface area (Å²) >= 11 is 3.52. The third-order valence-electron chi connectivity index (χ3n) is 4.13. The molecule has 0 heterocycles. The van der Waals surface area contributed by atoms with Crippen LogP contribution in [0.15, 0.2) is 16.6 Å². The molecule has 1 atom stereocenters. The van der Waals surface area contributed by atoms with Crippen LogP contribution < -0.4 is 20.7 Å². The lowest BCUT2D eigenvalue weighted by Crippen LogP contribution is -2.52. The van der Waals surface area contributed by atoms with Crippen molar-refractivity contribution in [1.82, 2.24) is 5.43 Å². The molecule has 20 heavy (non-hydrogen) atoms. The molecule has 0 spiro atoms. The van der Waals surface area contributed by atoms with Crippen LogP contribution >= 0.6 is 15.9 Å². The van der Waals surface area contributed by atoms with Gasteiger partial charge < -0.3 is 14.2 Å². The molecule has 0 aliphatic heterocycles. The first-order valence-corrected chi connectivity index (χ1v) is 7.34.